The van der Waals surface area contributed by atoms with Gasteiger partial charge in [-0.1, -0.05) is 52.0 Å². The van der Waals surface area contributed by atoms with E-state index in [1.54, 1.807) is 0 Å². The van der Waals surface area contributed by atoms with Crippen LogP contribution >= 0.6 is 0 Å². The second-order valence-electron chi connectivity index (χ2n) is 6.12. The van der Waals surface area contributed by atoms with Crippen molar-refractivity contribution in [2.45, 2.75) is 53.6 Å². The van der Waals surface area contributed by atoms with Gasteiger partial charge in [-0.3, -0.25) is 4.90 Å². The van der Waals surface area contributed by atoms with Gasteiger partial charge < -0.3 is 5.32 Å². The second kappa shape index (κ2) is 9.95. The fourth-order valence-corrected chi connectivity index (χ4v) is 2.50. The molecule has 1 aromatic carbocycles. The lowest BCUT2D eigenvalue weighted by atomic mass is 10.1. The molecule has 0 amide bonds. The molecule has 0 aliphatic heterocycles. The Morgan fingerprint density at radius 2 is 1.70 bits per heavy atom. The lowest BCUT2D eigenvalue weighted by Gasteiger charge is -2.21. The van der Waals surface area contributed by atoms with Gasteiger partial charge in [0, 0.05) is 13.1 Å². The number of nitrogens with one attached hydrogen (secondary N) is 1. The Labute approximate surface area is 125 Å². The van der Waals surface area contributed by atoms with E-state index in [0.717, 1.165) is 19.6 Å². The third kappa shape index (κ3) is 7.06. The van der Waals surface area contributed by atoms with Gasteiger partial charge in [0.15, 0.2) is 0 Å². The summed E-state index contributed by atoms with van der Waals surface area (Å²) in [6, 6.07) is 9.02. The molecule has 0 fully saturated rings. The molecule has 1 rings (SSSR count). The lowest BCUT2D eigenvalue weighted by Crippen LogP contribution is -2.25. The quantitative estimate of drug-likeness (QED) is 0.693. The van der Waals surface area contributed by atoms with E-state index < -0.39 is 0 Å². The standard InChI is InChI=1S/C18H32N2/c1-5-10-20(11-6-2)15-18-9-7-8-17(12-18)14-19-13-16(3)4/h7-9,12,16,19H,5-6,10-11,13-15H2,1-4H3. The molecule has 0 spiro atoms. The van der Waals surface area contributed by atoms with Crippen LogP contribution in [0.5, 0.6) is 0 Å². The van der Waals surface area contributed by atoms with Crippen LogP contribution in [0.25, 0.3) is 0 Å². The Balaban J connectivity index is 2.53. The summed E-state index contributed by atoms with van der Waals surface area (Å²) in [6.45, 7) is 14.6. The molecule has 1 N–H and O–H groups in total. The summed E-state index contributed by atoms with van der Waals surface area (Å²) in [7, 11) is 0. The Kier molecular flexibility index (Phi) is 8.56. The molecule has 0 unspecified atom stereocenters. The van der Waals surface area contributed by atoms with Crippen LogP contribution in [0.4, 0.5) is 0 Å². The summed E-state index contributed by atoms with van der Waals surface area (Å²) in [5, 5.41) is 3.52. The van der Waals surface area contributed by atoms with Crippen molar-refractivity contribution >= 4 is 0 Å². The summed E-state index contributed by atoms with van der Waals surface area (Å²) in [5.74, 6) is 0.711. The molecule has 1 aromatic rings. The fraction of sp³-hybridized carbons (Fsp3) is 0.667. The first-order valence-electron chi connectivity index (χ1n) is 8.16. The number of hydrogen-bond donors (Lipinski definition) is 1. The van der Waals surface area contributed by atoms with Crippen LogP contribution in [0, 0.1) is 5.92 Å². The Hall–Kier alpha value is -0.860. The van der Waals surface area contributed by atoms with Crippen LogP contribution in [0.2, 0.25) is 0 Å². The lowest BCUT2D eigenvalue weighted by molar-refractivity contribution is 0.266. The topological polar surface area (TPSA) is 15.3 Å². The average molecular weight is 276 g/mol. The number of hydrogen-bond acceptors (Lipinski definition) is 2. The molecule has 0 aliphatic carbocycles. The van der Waals surface area contributed by atoms with Gasteiger partial charge in [0.1, 0.15) is 0 Å². The molecule has 2 heteroatoms. The van der Waals surface area contributed by atoms with Crippen LogP contribution in [0.3, 0.4) is 0 Å². The van der Waals surface area contributed by atoms with Gasteiger partial charge >= 0.3 is 0 Å². The minimum absolute atomic E-state index is 0.711. The maximum atomic E-state index is 3.52. The first-order chi connectivity index (χ1) is 9.65. The van der Waals surface area contributed by atoms with Gasteiger partial charge in [-0.2, -0.15) is 0 Å². The van der Waals surface area contributed by atoms with E-state index in [1.165, 1.54) is 37.1 Å². The van der Waals surface area contributed by atoms with Crippen molar-refractivity contribution in [2.24, 2.45) is 5.92 Å². The summed E-state index contributed by atoms with van der Waals surface area (Å²) >= 11 is 0. The molecule has 20 heavy (non-hydrogen) atoms. The zero-order valence-electron chi connectivity index (χ0n) is 13.8. The van der Waals surface area contributed by atoms with Crippen LogP contribution in [0.15, 0.2) is 24.3 Å². The van der Waals surface area contributed by atoms with E-state index in [4.69, 9.17) is 0 Å². The van der Waals surface area contributed by atoms with E-state index in [-0.39, 0.29) is 0 Å². The predicted octanol–water partition coefficient (Wildman–Crippen LogP) is 4.05. The SMILES string of the molecule is CCCN(CCC)Cc1cccc(CNCC(C)C)c1. The Bertz CT molecular complexity index is 354. The van der Waals surface area contributed by atoms with Crippen molar-refractivity contribution < 1.29 is 0 Å². The summed E-state index contributed by atoms with van der Waals surface area (Å²) < 4.78 is 0. The van der Waals surface area contributed by atoms with Crippen LogP contribution < -0.4 is 5.32 Å². The maximum absolute atomic E-state index is 3.52. The fourth-order valence-electron chi connectivity index (χ4n) is 2.50. The van der Waals surface area contributed by atoms with Gasteiger partial charge in [0.05, 0.1) is 0 Å². The van der Waals surface area contributed by atoms with Crippen LogP contribution in [-0.4, -0.2) is 24.5 Å². The van der Waals surface area contributed by atoms with E-state index >= 15 is 0 Å². The number of benzene rings is 1. The monoisotopic (exact) mass is 276 g/mol. The minimum Gasteiger partial charge on any atom is -0.312 e. The molecular weight excluding hydrogens is 244 g/mol. The second-order valence-corrected chi connectivity index (χ2v) is 6.12. The molecule has 0 aliphatic rings. The van der Waals surface area contributed by atoms with Gasteiger partial charge in [-0.25, -0.2) is 0 Å². The molecule has 0 aromatic heterocycles. The molecule has 114 valence electrons. The van der Waals surface area contributed by atoms with Gasteiger partial charge in [-0.15, -0.1) is 0 Å². The highest BCUT2D eigenvalue weighted by atomic mass is 15.1. The Morgan fingerprint density at radius 3 is 2.30 bits per heavy atom. The van der Waals surface area contributed by atoms with Gasteiger partial charge in [-0.05, 0) is 49.5 Å². The van der Waals surface area contributed by atoms with Crippen molar-refractivity contribution in [3.05, 3.63) is 35.4 Å². The molecule has 0 saturated heterocycles. The highest BCUT2D eigenvalue weighted by Crippen LogP contribution is 2.09. The largest absolute Gasteiger partial charge is 0.312 e. The summed E-state index contributed by atoms with van der Waals surface area (Å²) in [4.78, 5) is 2.56. The molecule has 0 saturated carbocycles. The first-order valence-corrected chi connectivity index (χ1v) is 8.16. The average Bonchev–Trinajstić information content (AvgIpc) is 2.39. The van der Waals surface area contributed by atoms with Crippen LogP contribution in [0.1, 0.15) is 51.7 Å². The Morgan fingerprint density at radius 1 is 1.05 bits per heavy atom. The predicted molar refractivity (Wildman–Crippen MR) is 88.8 cm³/mol. The third-order valence-corrected chi connectivity index (χ3v) is 3.36. The van der Waals surface area contributed by atoms with Gasteiger partial charge in [0.2, 0.25) is 0 Å². The molecule has 0 heterocycles. The maximum Gasteiger partial charge on any atom is 0.0233 e. The van der Waals surface area contributed by atoms with Crippen molar-refractivity contribution in [3.63, 3.8) is 0 Å². The van der Waals surface area contributed by atoms with Crippen LogP contribution in [-0.2, 0) is 13.1 Å². The zero-order chi connectivity index (χ0) is 14.8. The van der Waals surface area contributed by atoms with E-state index in [2.05, 4.69) is 62.2 Å². The van der Waals surface area contributed by atoms with E-state index in [0.29, 0.717) is 5.92 Å². The number of nitrogens with zero attached hydrogens (tertiary/aromatic N) is 1. The molecule has 0 bridgehead atoms. The van der Waals surface area contributed by atoms with E-state index in [9.17, 15) is 0 Å². The first kappa shape index (κ1) is 17.2. The molecule has 0 radical (unpaired) electrons. The summed E-state index contributed by atoms with van der Waals surface area (Å²) in [5.41, 5.74) is 2.84. The molecular formula is C18H32N2. The normalized spacial score (nSPS) is 11.5. The highest BCUT2D eigenvalue weighted by Gasteiger charge is 2.04. The summed E-state index contributed by atoms with van der Waals surface area (Å²) in [6.07, 6.45) is 2.46. The van der Waals surface area contributed by atoms with Gasteiger partial charge in [0.25, 0.3) is 0 Å². The van der Waals surface area contributed by atoms with Crippen molar-refractivity contribution in [2.75, 3.05) is 19.6 Å². The third-order valence-electron chi connectivity index (χ3n) is 3.36. The highest BCUT2D eigenvalue weighted by molar-refractivity contribution is 5.23. The van der Waals surface area contributed by atoms with Crippen molar-refractivity contribution in [1.82, 2.24) is 10.2 Å². The zero-order valence-corrected chi connectivity index (χ0v) is 13.8. The molecule has 0 atom stereocenters. The minimum atomic E-state index is 0.711. The van der Waals surface area contributed by atoms with Crippen molar-refractivity contribution in [1.29, 1.82) is 0 Å². The van der Waals surface area contributed by atoms with Crippen molar-refractivity contribution in [3.8, 4) is 0 Å². The number of rotatable bonds is 10. The van der Waals surface area contributed by atoms with E-state index in [1.807, 2.05) is 0 Å². The molecule has 2 nitrogen and oxygen atoms in total. The smallest absolute Gasteiger partial charge is 0.0233 e.